The summed E-state index contributed by atoms with van der Waals surface area (Å²) < 4.78 is 10.8. The summed E-state index contributed by atoms with van der Waals surface area (Å²) in [5.41, 5.74) is 6.20. The highest BCUT2D eigenvalue weighted by molar-refractivity contribution is 5.75. The fraction of sp³-hybridized carbons (Fsp3) is 0.562. The SMILES string of the molecule is NC(=O)COc1ccc(CNCCCOCC2CC2)cc1. The van der Waals surface area contributed by atoms with E-state index in [-0.39, 0.29) is 6.61 Å². The van der Waals surface area contributed by atoms with Gasteiger partial charge in [0.05, 0.1) is 0 Å². The van der Waals surface area contributed by atoms with Crippen molar-refractivity contribution >= 4 is 5.91 Å². The number of benzene rings is 1. The standard InChI is InChI=1S/C16H24N2O3/c17-16(19)12-21-15-6-4-13(5-7-15)10-18-8-1-9-20-11-14-2-3-14/h4-7,14,18H,1-3,8-12H2,(H2,17,19). The van der Waals surface area contributed by atoms with E-state index in [4.69, 9.17) is 15.2 Å². The van der Waals surface area contributed by atoms with Gasteiger partial charge in [-0.05, 0) is 49.4 Å². The van der Waals surface area contributed by atoms with Gasteiger partial charge in [0.15, 0.2) is 6.61 Å². The van der Waals surface area contributed by atoms with Crippen LogP contribution in [0.3, 0.4) is 0 Å². The number of carbonyl (C=O) groups excluding carboxylic acids is 1. The molecule has 1 fully saturated rings. The van der Waals surface area contributed by atoms with E-state index >= 15 is 0 Å². The second kappa shape index (κ2) is 8.64. The van der Waals surface area contributed by atoms with Gasteiger partial charge in [-0.2, -0.15) is 0 Å². The molecule has 1 saturated carbocycles. The first kappa shape index (κ1) is 15.8. The van der Waals surface area contributed by atoms with Gasteiger partial charge in [0, 0.05) is 19.8 Å². The van der Waals surface area contributed by atoms with E-state index in [1.807, 2.05) is 24.3 Å². The zero-order valence-corrected chi connectivity index (χ0v) is 12.3. The van der Waals surface area contributed by atoms with Crippen molar-refractivity contribution in [1.29, 1.82) is 0 Å². The Morgan fingerprint density at radius 2 is 2.05 bits per heavy atom. The molecule has 1 aromatic carbocycles. The Labute approximate surface area is 125 Å². The number of amides is 1. The number of primary amides is 1. The van der Waals surface area contributed by atoms with Crippen molar-refractivity contribution in [2.75, 3.05) is 26.4 Å². The largest absolute Gasteiger partial charge is 0.484 e. The van der Waals surface area contributed by atoms with E-state index in [1.54, 1.807) is 0 Å². The first-order valence-corrected chi connectivity index (χ1v) is 7.52. The molecule has 0 spiro atoms. The number of hydrogen-bond donors (Lipinski definition) is 2. The Kier molecular flexibility index (Phi) is 6.50. The lowest BCUT2D eigenvalue weighted by Gasteiger charge is -2.07. The van der Waals surface area contributed by atoms with Crippen molar-refractivity contribution < 1.29 is 14.3 Å². The van der Waals surface area contributed by atoms with Gasteiger partial charge in [-0.15, -0.1) is 0 Å². The quantitative estimate of drug-likeness (QED) is 0.606. The lowest BCUT2D eigenvalue weighted by atomic mass is 10.2. The maximum Gasteiger partial charge on any atom is 0.255 e. The van der Waals surface area contributed by atoms with Crippen LogP contribution in [0.4, 0.5) is 0 Å². The molecule has 0 aliphatic heterocycles. The zero-order chi connectivity index (χ0) is 14.9. The highest BCUT2D eigenvalue weighted by Crippen LogP contribution is 2.28. The Morgan fingerprint density at radius 1 is 1.29 bits per heavy atom. The minimum atomic E-state index is -0.468. The summed E-state index contributed by atoms with van der Waals surface area (Å²) in [5, 5.41) is 3.38. The Morgan fingerprint density at radius 3 is 2.71 bits per heavy atom. The van der Waals surface area contributed by atoms with Crippen LogP contribution < -0.4 is 15.8 Å². The summed E-state index contributed by atoms with van der Waals surface area (Å²) in [6, 6.07) is 7.65. The summed E-state index contributed by atoms with van der Waals surface area (Å²) in [6.45, 7) is 3.46. The Bertz CT molecular complexity index is 430. The van der Waals surface area contributed by atoms with E-state index in [0.717, 1.165) is 38.6 Å². The molecule has 0 heterocycles. The average molecular weight is 292 g/mol. The summed E-state index contributed by atoms with van der Waals surface area (Å²) in [5.74, 6) is 1.03. The topological polar surface area (TPSA) is 73.6 Å². The molecule has 0 saturated heterocycles. The van der Waals surface area contributed by atoms with Gasteiger partial charge in [-0.1, -0.05) is 12.1 Å². The Hall–Kier alpha value is -1.59. The minimum absolute atomic E-state index is 0.0849. The van der Waals surface area contributed by atoms with Gasteiger partial charge in [-0.3, -0.25) is 4.79 Å². The molecule has 116 valence electrons. The second-order valence-electron chi connectivity index (χ2n) is 5.45. The molecule has 1 aliphatic carbocycles. The molecule has 3 N–H and O–H groups in total. The molecule has 1 aromatic rings. The number of rotatable bonds is 11. The van der Waals surface area contributed by atoms with Crippen LogP contribution in [0.25, 0.3) is 0 Å². The lowest BCUT2D eigenvalue weighted by molar-refractivity contribution is -0.119. The van der Waals surface area contributed by atoms with Crippen molar-refractivity contribution in [1.82, 2.24) is 5.32 Å². The van der Waals surface area contributed by atoms with Crippen LogP contribution in [0.5, 0.6) is 5.75 Å². The summed E-state index contributed by atoms with van der Waals surface area (Å²) in [6.07, 6.45) is 3.72. The van der Waals surface area contributed by atoms with Crippen molar-refractivity contribution in [3.05, 3.63) is 29.8 Å². The molecule has 2 rings (SSSR count). The highest BCUT2D eigenvalue weighted by atomic mass is 16.5. The summed E-state index contributed by atoms with van der Waals surface area (Å²) >= 11 is 0. The van der Waals surface area contributed by atoms with Crippen molar-refractivity contribution in [3.63, 3.8) is 0 Å². The molecule has 1 aliphatic rings. The van der Waals surface area contributed by atoms with Crippen LogP contribution >= 0.6 is 0 Å². The fourth-order valence-corrected chi connectivity index (χ4v) is 1.92. The fourth-order valence-electron chi connectivity index (χ4n) is 1.92. The Balaban J connectivity index is 1.52. The number of ether oxygens (including phenoxy) is 2. The molecule has 0 radical (unpaired) electrons. The minimum Gasteiger partial charge on any atom is -0.484 e. The molecule has 0 bridgehead atoms. The number of nitrogens with one attached hydrogen (secondary N) is 1. The van der Waals surface area contributed by atoms with E-state index in [2.05, 4.69) is 5.32 Å². The van der Waals surface area contributed by atoms with Crippen molar-refractivity contribution in [2.45, 2.75) is 25.8 Å². The van der Waals surface area contributed by atoms with Crippen LogP contribution in [0, 0.1) is 5.92 Å². The van der Waals surface area contributed by atoms with E-state index in [0.29, 0.717) is 5.75 Å². The van der Waals surface area contributed by atoms with E-state index in [1.165, 1.54) is 18.4 Å². The predicted molar refractivity (Wildman–Crippen MR) is 81.0 cm³/mol. The van der Waals surface area contributed by atoms with Gasteiger partial charge in [0.25, 0.3) is 5.91 Å². The zero-order valence-electron chi connectivity index (χ0n) is 12.3. The smallest absolute Gasteiger partial charge is 0.255 e. The van der Waals surface area contributed by atoms with Crippen molar-refractivity contribution in [3.8, 4) is 5.75 Å². The maximum atomic E-state index is 10.6. The van der Waals surface area contributed by atoms with E-state index in [9.17, 15) is 4.79 Å². The van der Waals surface area contributed by atoms with E-state index < -0.39 is 5.91 Å². The first-order valence-electron chi connectivity index (χ1n) is 7.52. The normalized spacial score (nSPS) is 14.1. The summed E-state index contributed by atoms with van der Waals surface area (Å²) in [7, 11) is 0. The molecule has 5 nitrogen and oxygen atoms in total. The first-order chi connectivity index (χ1) is 10.2. The van der Waals surface area contributed by atoms with Crippen LogP contribution in [0.1, 0.15) is 24.8 Å². The third-order valence-electron chi connectivity index (χ3n) is 3.33. The van der Waals surface area contributed by atoms with Gasteiger partial charge in [0.2, 0.25) is 0 Å². The van der Waals surface area contributed by atoms with Crippen LogP contribution in [0.15, 0.2) is 24.3 Å². The molecule has 5 heteroatoms. The van der Waals surface area contributed by atoms with Crippen LogP contribution in [-0.4, -0.2) is 32.3 Å². The monoisotopic (exact) mass is 292 g/mol. The molecule has 0 atom stereocenters. The molecule has 21 heavy (non-hydrogen) atoms. The molecular formula is C16H24N2O3. The van der Waals surface area contributed by atoms with Crippen LogP contribution in [-0.2, 0) is 16.1 Å². The average Bonchev–Trinajstić information content (AvgIpc) is 3.29. The molecule has 0 unspecified atom stereocenters. The van der Waals surface area contributed by atoms with Gasteiger partial charge in [-0.25, -0.2) is 0 Å². The second-order valence-corrected chi connectivity index (χ2v) is 5.45. The van der Waals surface area contributed by atoms with Gasteiger partial charge >= 0.3 is 0 Å². The van der Waals surface area contributed by atoms with Gasteiger partial charge < -0.3 is 20.5 Å². The molecular weight excluding hydrogens is 268 g/mol. The summed E-state index contributed by atoms with van der Waals surface area (Å²) in [4.78, 5) is 10.6. The number of carbonyl (C=O) groups is 1. The number of hydrogen-bond acceptors (Lipinski definition) is 4. The molecule has 1 amide bonds. The third-order valence-corrected chi connectivity index (χ3v) is 3.33. The third kappa shape index (κ3) is 7.11. The van der Waals surface area contributed by atoms with Gasteiger partial charge in [0.1, 0.15) is 5.75 Å². The highest BCUT2D eigenvalue weighted by Gasteiger charge is 2.20. The van der Waals surface area contributed by atoms with Crippen molar-refractivity contribution in [2.24, 2.45) is 11.7 Å². The maximum absolute atomic E-state index is 10.6. The molecule has 0 aromatic heterocycles. The van der Waals surface area contributed by atoms with Crippen LogP contribution in [0.2, 0.25) is 0 Å². The lowest BCUT2D eigenvalue weighted by Crippen LogP contribution is -2.20. The number of nitrogens with two attached hydrogens (primary N) is 1. The predicted octanol–water partition coefficient (Wildman–Crippen LogP) is 1.46.